The maximum atomic E-state index is 4.30. The summed E-state index contributed by atoms with van der Waals surface area (Å²) >= 11 is 2.35. The Labute approximate surface area is 152 Å². The first-order chi connectivity index (χ1) is 11.0. The van der Waals surface area contributed by atoms with Crippen molar-refractivity contribution in [1.29, 1.82) is 0 Å². The Morgan fingerprint density at radius 2 is 1.65 bits per heavy atom. The van der Waals surface area contributed by atoms with Crippen LogP contribution in [0, 0.1) is 3.57 Å². The Hall–Kier alpha value is -1.61. The monoisotopic (exact) mass is 412 g/mol. The highest BCUT2D eigenvalue weighted by Gasteiger charge is 2.26. The smallest absolute Gasteiger partial charge is 0.0143 e. The summed E-state index contributed by atoms with van der Waals surface area (Å²) in [6, 6.07) is 15.6. The molecule has 2 aromatic rings. The van der Waals surface area contributed by atoms with Gasteiger partial charge in [0, 0.05) is 8.99 Å². The summed E-state index contributed by atoms with van der Waals surface area (Å²) in [5, 5.41) is 0. The molecule has 1 heteroatoms. The fourth-order valence-electron chi connectivity index (χ4n) is 2.98. The molecule has 0 saturated carbocycles. The van der Waals surface area contributed by atoms with Crippen molar-refractivity contribution in [2.75, 3.05) is 0 Å². The standard InChI is InChI=1S/C22H21I/c1-16-7-5-4-6-8-18-9-10-19(15-21(18)22(16,2)3)17-11-13-20(23)14-12-17/h4-7,9-15H,1,8H2,2-3H3/b6-4-,7-5-. The zero-order chi connectivity index (χ0) is 16.4. The fraction of sp³-hybridized carbons (Fsp3) is 0.182. The maximum absolute atomic E-state index is 4.30. The average Bonchev–Trinajstić information content (AvgIpc) is 2.59. The molecule has 3 rings (SSSR count). The van der Waals surface area contributed by atoms with Crippen LogP contribution in [0.25, 0.3) is 11.1 Å². The molecular formula is C22H21I. The second kappa shape index (κ2) is 6.48. The Balaban J connectivity index is 2.14. The number of hydrogen-bond donors (Lipinski definition) is 0. The van der Waals surface area contributed by atoms with Gasteiger partial charge in [0.1, 0.15) is 0 Å². The molecule has 0 nitrogen and oxygen atoms in total. The average molecular weight is 412 g/mol. The first kappa shape index (κ1) is 16.3. The van der Waals surface area contributed by atoms with Crippen molar-refractivity contribution < 1.29 is 0 Å². The molecule has 2 aromatic carbocycles. The van der Waals surface area contributed by atoms with E-state index >= 15 is 0 Å². The number of halogens is 1. The van der Waals surface area contributed by atoms with E-state index in [1.807, 2.05) is 0 Å². The van der Waals surface area contributed by atoms with Crippen LogP contribution in [-0.4, -0.2) is 0 Å². The number of rotatable bonds is 1. The van der Waals surface area contributed by atoms with Crippen LogP contribution in [0.3, 0.4) is 0 Å². The van der Waals surface area contributed by atoms with Crippen molar-refractivity contribution in [3.63, 3.8) is 0 Å². The van der Waals surface area contributed by atoms with Gasteiger partial charge < -0.3 is 0 Å². The lowest BCUT2D eigenvalue weighted by Gasteiger charge is -2.29. The third-order valence-corrected chi connectivity index (χ3v) is 5.37. The molecule has 0 atom stereocenters. The van der Waals surface area contributed by atoms with Gasteiger partial charge in [-0.2, -0.15) is 0 Å². The molecule has 1 aliphatic carbocycles. The van der Waals surface area contributed by atoms with E-state index in [9.17, 15) is 0 Å². The van der Waals surface area contributed by atoms with E-state index in [4.69, 9.17) is 0 Å². The quantitative estimate of drug-likeness (QED) is 0.472. The molecule has 0 bridgehead atoms. The molecule has 0 unspecified atom stereocenters. The predicted octanol–water partition coefficient (Wildman–Crippen LogP) is 6.46. The van der Waals surface area contributed by atoms with E-state index in [-0.39, 0.29) is 5.41 Å². The molecule has 0 amide bonds. The Bertz CT molecular complexity index is 789. The van der Waals surface area contributed by atoms with Gasteiger partial charge in [-0.25, -0.2) is 0 Å². The van der Waals surface area contributed by atoms with Crippen molar-refractivity contribution in [1.82, 2.24) is 0 Å². The Morgan fingerprint density at radius 3 is 2.39 bits per heavy atom. The summed E-state index contributed by atoms with van der Waals surface area (Å²) in [7, 11) is 0. The lowest BCUT2D eigenvalue weighted by atomic mass is 9.75. The van der Waals surface area contributed by atoms with Crippen LogP contribution < -0.4 is 0 Å². The maximum Gasteiger partial charge on any atom is 0.0143 e. The van der Waals surface area contributed by atoms with Crippen molar-refractivity contribution in [3.05, 3.63) is 93.6 Å². The number of fused-ring (bicyclic) bond motifs is 1. The molecule has 0 fully saturated rings. The minimum absolute atomic E-state index is 0.0724. The summed E-state index contributed by atoms with van der Waals surface area (Å²) in [4.78, 5) is 0. The van der Waals surface area contributed by atoms with Crippen LogP contribution in [0.5, 0.6) is 0 Å². The molecule has 1 aliphatic rings. The number of allylic oxidation sites excluding steroid dienone is 5. The lowest BCUT2D eigenvalue weighted by molar-refractivity contribution is 0.635. The third-order valence-electron chi connectivity index (χ3n) is 4.65. The second-order valence-electron chi connectivity index (χ2n) is 6.52. The van der Waals surface area contributed by atoms with Crippen molar-refractivity contribution in [2.24, 2.45) is 0 Å². The molecular weight excluding hydrogens is 391 g/mol. The zero-order valence-electron chi connectivity index (χ0n) is 13.6. The molecule has 0 aliphatic heterocycles. The second-order valence-corrected chi connectivity index (χ2v) is 7.77. The summed E-state index contributed by atoms with van der Waals surface area (Å²) in [5.74, 6) is 0. The first-order valence-electron chi connectivity index (χ1n) is 7.90. The lowest BCUT2D eigenvalue weighted by Crippen LogP contribution is -2.20. The molecule has 0 spiro atoms. The van der Waals surface area contributed by atoms with Gasteiger partial charge in [-0.1, -0.05) is 69.0 Å². The fourth-order valence-corrected chi connectivity index (χ4v) is 3.34. The highest BCUT2D eigenvalue weighted by Crippen LogP contribution is 2.37. The van der Waals surface area contributed by atoms with Gasteiger partial charge >= 0.3 is 0 Å². The van der Waals surface area contributed by atoms with Gasteiger partial charge in [-0.15, -0.1) is 0 Å². The van der Waals surface area contributed by atoms with Crippen LogP contribution >= 0.6 is 22.6 Å². The number of hydrogen-bond acceptors (Lipinski definition) is 0. The minimum atomic E-state index is -0.0724. The molecule has 0 N–H and O–H groups in total. The zero-order valence-corrected chi connectivity index (χ0v) is 15.8. The molecule has 0 saturated heterocycles. The summed E-state index contributed by atoms with van der Waals surface area (Å²) in [5.41, 5.74) is 6.36. The van der Waals surface area contributed by atoms with Gasteiger partial charge in [0.2, 0.25) is 0 Å². The van der Waals surface area contributed by atoms with E-state index in [0.29, 0.717) is 0 Å². The topological polar surface area (TPSA) is 0 Å². The van der Waals surface area contributed by atoms with Crippen LogP contribution in [0.2, 0.25) is 0 Å². The number of benzene rings is 2. The van der Waals surface area contributed by atoms with E-state index in [2.05, 4.69) is 110 Å². The van der Waals surface area contributed by atoms with Crippen LogP contribution in [0.1, 0.15) is 25.0 Å². The van der Waals surface area contributed by atoms with Crippen LogP contribution in [0.4, 0.5) is 0 Å². The van der Waals surface area contributed by atoms with Crippen molar-refractivity contribution in [2.45, 2.75) is 25.7 Å². The molecule has 116 valence electrons. The molecule has 0 radical (unpaired) electrons. The van der Waals surface area contributed by atoms with E-state index in [0.717, 1.165) is 12.0 Å². The van der Waals surface area contributed by atoms with E-state index < -0.39 is 0 Å². The molecule has 0 heterocycles. The van der Waals surface area contributed by atoms with Crippen LogP contribution in [-0.2, 0) is 11.8 Å². The predicted molar refractivity (Wildman–Crippen MR) is 109 cm³/mol. The van der Waals surface area contributed by atoms with Gasteiger partial charge in [0.05, 0.1) is 0 Å². The molecule has 23 heavy (non-hydrogen) atoms. The van der Waals surface area contributed by atoms with Gasteiger partial charge in [-0.3, -0.25) is 0 Å². The van der Waals surface area contributed by atoms with Crippen LogP contribution in [0.15, 0.2) is 78.9 Å². The Kier molecular flexibility index (Phi) is 4.58. The van der Waals surface area contributed by atoms with Gasteiger partial charge in [-0.05, 0) is 75.0 Å². The normalized spacial score (nSPS) is 19.2. The largest absolute Gasteiger partial charge is 0.0949 e. The minimum Gasteiger partial charge on any atom is -0.0949 e. The van der Waals surface area contributed by atoms with E-state index in [1.165, 1.54) is 25.8 Å². The SMILES string of the molecule is C=C1/C=C\C=C/Cc2ccc(-c3ccc(I)cc3)cc2C1(C)C. The van der Waals surface area contributed by atoms with Crippen molar-refractivity contribution >= 4 is 22.6 Å². The third kappa shape index (κ3) is 3.35. The summed E-state index contributed by atoms with van der Waals surface area (Å²) in [6.45, 7) is 8.83. The highest BCUT2D eigenvalue weighted by atomic mass is 127. The summed E-state index contributed by atoms with van der Waals surface area (Å²) < 4.78 is 1.26. The van der Waals surface area contributed by atoms with Crippen molar-refractivity contribution in [3.8, 4) is 11.1 Å². The first-order valence-corrected chi connectivity index (χ1v) is 8.98. The Morgan fingerprint density at radius 1 is 0.957 bits per heavy atom. The van der Waals surface area contributed by atoms with Gasteiger partial charge in [0.15, 0.2) is 0 Å². The van der Waals surface area contributed by atoms with E-state index in [1.54, 1.807) is 0 Å². The highest BCUT2D eigenvalue weighted by molar-refractivity contribution is 14.1. The van der Waals surface area contributed by atoms with Gasteiger partial charge in [0.25, 0.3) is 0 Å². The molecule has 0 aromatic heterocycles. The summed E-state index contributed by atoms with van der Waals surface area (Å²) in [6.07, 6.45) is 9.51.